The van der Waals surface area contributed by atoms with E-state index in [1.807, 2.05) is 0 Å². The molecule has 0 nitrogen and oxygen atoms in total. The van der Waals surface area contributed by atoms with E-state index in [1.54, 1.807) is 0 Å². The lowest BCUT2D eigenvalue weighted by Gasteiger charge is -2.28. The summed E-state index contributed by atoms with van der Waals surface area (Å²) in [4.78, 5) is 0. The Labute approximate surface area is 272 Å². The van der Waals surface area contributed by atoms with Gasteiger partial charge < -0.3 is 0 Å². The van der Waals surface area contributed by atoms with E-state index in [-0.39, 0.29) is 5.92 Å². The van der Waals surface area contributed by atoms with Crippen molar-refractivity contribution < 1.29 is 0 Å². The first kappa shape index (κ1) is 28.2. The van der Waals surface area contributed by atoms with Crippen LogP contribution in [0.2, 0.25) is 0 Å². The van der Waals surface area contributed by atoms with Gasteiger partial charge in [0.25, 0.3) is 0 Å². The Bertz CT molecular complexity index is 2000. The second kappa shape index (κ2) is 12.6. The highest BCUT2D eigenvalue weighted by molar-refractivity contribution is 7.80. The molecule has 0 spiro atoms. The molecule has 0 atom stereocenters. The van der Waals surface area contributed by atoms with Crippen LogP contribution in [-0.2, 0) is 0 Å². The number of fused-ring (bicyclic) bond motifs is 2. The Morgan fingerprint density at radius 1 is 0.326 bits per heavy atom. The average molecular weight is 605 g/mol. The highest BCUT2D eigenvalue weighted by atomic mass is 31.1. The first-order valence-corrected chi connectivity index (χ1v) is 17.2. The number of hydrogen-bond donors (Lipinski definition) is 0. The Hall–Kier alpha value is -5.29. The van der Waals surface area contributed by atoms with Crippen molar-refractivity contribution in [2.75, 3.05) is 0 Å². The Balaban J connectivity index is 1.53. The van der Waals surface area contributed by atoms with E-state index in [0.29, 0.717) is 0 Å². The number of hydrogen-bond acceptors (Lipinski definition) is 0. The van der Waals surface area contributed by atoms with E-state index in [0.717, 1.165) is 0 Å². The molecule has 8 aromatic rings. The Morgan fingerprint density at radius 3 is 1.26 bits per heavy atom. The van der Waals surface area contributed by atoms with Crippen molar-refractivity contribution in [1.29, 1.82) is 0 Å². The van der Waals surface area contributed by atoms with Crippen LogP contribution in [0.5, 0.6) is 0 Å². The SMILES string of the molecule is c1ccc(C(c2ccccc2)c2ccc3ccccc3c2-c2c(P(c3ccccc3)c3ccccc3)ccc3ccccc23)cc1. The van der Waals surface area contributed by atoms with Gasteiger partial charge in [-0.2, -0.15) is 0 Å². The van der Waals surface area contributed by atoms with E-state index < -0.39 is 7.92 Å². The van der Waals surface area contributed by atoms with Crippen LogP contribution in [0, 0.1) is 0 Å². The van der Waals surface area contributed by atoms with Crippen LogP contribution in [0.25, 0.3) is 32.7 Å². The van der Waals surface area contributed by atoms with Gasteiger partial charge in [-0.3, -0.25) is 0 Å². The van der Waals surface area contributed by atoms with Crippen LogP contribution in [-0.4, -0.2) is 0 Å². The van der Waals surface area contributed by atoms with Crippen molar-refractivity contribution >= 4 is 45.4 Å². The van der Waals surface area contributed by atoms with Gasteiger partial charge in [0.2, 0.25) is 0 Å². The lowest BCUT2D eigenvalue weighted by atomic mass is 9.79. The van der Waals surface area contributed by atoms with Crippen molar-refractivity contribution in [3.63, 3.8) is 0 Å². The first-order chi connectivity index (χ1) is 22.9. The summed E-state index contributed by atoms with van der Waals surface area (Å²) >= 11 is 0. The van der Waals surface area contributed by atoms with Crippen molar-refractivity contribution in [1.82, 2.24) is 0 Å². The molecule has 0 saturated heterocycles. The van der Waals surface area contributed by atoms with Crippen LogP contribution in [0.3, 0.4) is 0 Å². The molecule has 0 heterocycles. The first-order valence-electron chi connectivity index (χ1n) is 15.9. The van der Waals surface area contributed by atoms with Gasteiger partial charge in [0.05, 0.1) is 0 Å². The molecule has 0 aliphatic carbocycles. The minimum absolute atomic E-state index is 0.0634. The topological polar surface area (TPSA) is 0 Å². The van der Waals surface area contributed by atoms with Gasteiger partial charge in [0.1, 0.15) is 0 Å². The zero-order valence-corrected chi connectivity index (χ0v) is 26.4. The maximum Gasteiger partial charge on any atom is 0.0346 e. The maximum absolute atomic E-state index is 2.41. The Morgan fingerprint density at radius 2 is 0.739 bits per heavy atom. The molecule has 0 bridgehead atoms. The van der Waals surface area contributed by atoms with Gasteiger partial charge in [-0.05, 0) is 73.2 Å². The van der Waals surface area contributed by atoms with Crippen LogP contribution in [0.15, 0.2) is 194 Å². The summed E-state index contributed by atoms with van der Waals surface area (Å²) in [5.41, 5.74) is 6.56. The average Bonchev–Trinajstić information content (AvgIpc) is 3.14. The predicted octanol–water partition coefficient (Wildman–Crippen LogP) is 10.6. The zero-order valence-electron chi connectivity index (χ0n) is 25.5. The standard InChI is InChI=1S/C45H33P/c1-5-19-35(20-6-1)43(36-21-7-2-8-22-36)41-31-29-33-17-13-15-27-39(33)44(41)45-40-28-16-14-18-34(40)30-32-42(45)46(37-23-9-3-10-24-37)38-25-11-4-12-26-38/h1-32,43H. The molecule has 0 amide bonds. The second-order valence-corrected chi connectivity index (χ2v) is 13.9. The van der Waals surface area contributed by atoms with Crippen LogP contribution in [0.1, 0.15) is 22.6 Å². The summed E-state index contributed by atoms with van der Waals surface area (Å²) in [5, 5.41) is 9.16. The molecule has 8 rings (SSSR count). The maximum atomic E-state index is 2.41. The quantitative estimate of drug-likeness (QED) is 0.125. The molecular weight excluding hydrogens is 571 g/mol. The third-order valence-electron chi connectivity index (χ3n) is 8.96. The van der Waals surface area contributed by atoms with Crippen molar-refractivity contribution in [3.05, 3.63) is 211 Å². The molecule has 0 aliphatic rings. The molecular formula is C45H33P. The molecule has 0 saturated carbocycles. The smallest absolute Gasteiger partial charge is 0.0346 e. The van der Waals surface area contributed by atoms with Gasteiger partial charge in [0, 0.05) is 5.92 Å². The highest BCUT2D eigenvalue weighted by Gasteiger charge is 2.28. The molecule has 0 fully saturated rings. The van der Waals surface area contributed by atoms with Crippen molar-refractivity contribution in [2.24, 2.45) is 0 Å². The number of rotatable bonds is 7. The molecule has 218 valence electrons. The lowest BCUT2D eigenvalue weighted by molar-refractivity contribution is 0.983. The van der Waals surface area contributed by atoms with Gasteiger partial charge in [0.15, 0.2) is 0 Å². The predicted molar refractivity (Wildman–Crippen MR) is 199 cm³/mol. The lowest BCUT2D eigenvalue weighted by Crippen LogP contribution is -2.22. The molecule has 0 radical (unpaired) electrons. The normalized spacial score (nSPS) is 11.4. The highest BCUT2D eigenvalue weighted by Crippen LogP contribution is 2.47. The number of benzene rings is 8. The summed E-state index contributed by atoms with van der Waals surface area (Å²) in [6, 6.07) is 71.5. The van der Waals surface area contributed by atoms with Gasteiger partial charge in [-0.25, -0.2) is 0 Å². The van der Waals surface area contributed by atoms with Gasteiger partial charge >= 0.3 is 0 Å². The molecule has 46 heavy (non-hydrogen) atoms. The second-order valence-electron chi connectivity index (χ2n) is 11.7. The van der Waals surface area contributed by atoms with E-state index >= 15 is 0 Å². The molecule has 0 N–H and O–H groups in total. The van der Waals surface area contributed by atoms with Crippen LogP contribution >= 0.6 is 7.92 Å². The third-order valence-corrected chi connectivity index (χ3v) is 11.4. The van der Waals surface area contributed by atoms with Crippen LogP contribution in [0.4, 0.5) is 0 Å². The minimum atomic E-state index is -0.859. The fraction of sp³-hybridized carbons (Fsp3) is 0.0222. The van der Waals surface area contributed by atoms with Crippen molar-refractivity contribution in [2.45, 2.75) is 5.92 Å². The van der Waals surface area contributed by atoms with E-state index in [9.17, 15) is 0 Å². The fourth-order valence-electron chi connectivity index (χ4n) is 6.94. The third kappa shape index (κ3) is 5.22. The summed E-state index contributed by atoms with van der Waals surface area (Å²) < 4.78 is 0. The molecule has 0 aromatic heterocycles. The summed E-state index contributed by atoms with van der Waals surface area (Å²) in [5.74, 6) is 0.0634. The van der Waals surface area contributed by atoms with Crippen LogP contribution < -0.4 is 15.9 Å². The molecule has 1 heteroatoms. The summed E-state index contributed by atoms with van der Waals surface area (Å²) in [7, 11) is -0.859. The zero-order chi connectivity index (χ0) is 30.7. The summed E-state index contributed by atoms with van der Waals surface area (Å²) in [6.07, 6.45) is 0. The monoisotopic (exact) mass is 604 g/mol. The minimum Gasteiger partial charge on any atom is -0.0622 e. The van der Waals surface area contributed by atoms with Gasteiger partial charge in [-0.1, -0.05) is 194 Å². The van der Waals surface area contributed by atoms with E-state index in [1.165, 1.54) is 65.3 Å². The largest absolute Gasteiger partial charge is 0.0622 e. The van der Waals surface area contributed by atoms with E-state index in [4.69, 9.17) is 0 Å². The van der Waals surface area contributed by atoms with Crippen molar-refractivity contribution in [3.8, 4) is 11.1 Å². The summed E-state index contributed by atoms with van der Waals surface area (Å²) in [6.45, 7) is 0. The fourth-order valence-corrected chi connectivity index (χ4v) is 9.42. The molecule has 8 aromatic carbocycles. The molecule has 0 aliphatic heterocycles. The van der Waals surface area contributed by atoms with Gasteiger partial charge in [-0.15, -0.1) is 0 Å². The Kier molecular flexibility index (Phi) is 7.73. The molecule has 0 unspecified atom stereocenters. The van der Waals surface area contributed by atoms with E-state index in [2.05, 4.69) is 194 Å².